The van der Waals surface area contributed by atoms with Crippen LogP contribution in [0.5, 0.6) is 0 Å². The van der Waals surface area contributed by atoms with Crippen LogP contribution in [0.4, 0.5) is 0 Å². The molecule has 1 aliphatic rings. The minimum Gasteiger partial charge on any atom is -0.391 e. The molecule has 3 aromatic rings. The van der Waals surface area contributed by atoms with Crippen molar-refractivity contribution in [3.63, 3.8) is 0 Å². The summed E-state index contributed by atoms with van der Waals surface area (Å²) in [5.74, 6) is -0.141. The van der Waals surface area contributed by atoms with E-state index in [1.54, 1.807) is 24.3 Å². The summed E-state index contributed by atoms with van der Waals surface area (Å²) in [6, 6.07) is 10.5. The Morgan fingerprint density at radius 1 is 1.31 bits per heavy atom. The summed E-state index contributed by atoms with van der Waals surface area (Å²) in [5, 5.41) is 13.8. The van der Waals surface area contributed by atoms with E-state index >= 15 is 0 Å². The van der Waals surface area contributed by atoms with E-state index in [1.807, 2.05) is 12.1 Å². The van der Waals surface area contributed by atoms with Gasteiger partial charge in [0.2, 0.25) is 0 Å². The molecular formula is C21H21ClN4O3. The Hall–Kier alpha value is -2.61. The number of halogens is 1. The third-order valence-electron chi connectivity index (χ3n) is 5.14. The summed E-state index contributed by atoms with van der Waals surface area (Å²) < 4.78 is 1.27. The van der Waals surface area contributed by atoms with E-state index in [1.165, 1.54) is 10.9 Å². The van der Waals surface area contributed by atoms with Gasteiger partial charge in [-0.2, -0.15) is 0 Å². The van der Waals surface area contributed by atoms with Gasteiger partial charge >= 0.3 is 0 Å². The molecule has 0 spiro atoms. The van der Waals surface area contributed by atoms with Crippen LogP contribution < -0.4 is 10.9 Å². The number of aromatic nitrogens is 3. The quantitative estimate of drug-likeness (QED) is 0.666. The number of hydrogen-bond donors (Lipinski definition) is 2. The first kappa shape index (κ1) is 19.7. The molecular weight excluding hydrogens is 392 g/mol. The maximum Gasteiger partial charge on any atom is 0.280 e. The molecule has 1 fully saturated rings. The maximum atomic E-state index is 12.9. The van der Waals surface area contributed by atoms with Gasteiger partial charge < -0.3 is 10.4 Å². The largest absolute Gasteiger partial charge is 0.391 e. The molecule has 1 aliphatic heterocycles. The van der Waals surface area contributed by atoms with Gasteiger partial charge in [0, 0.05) is 23.0 Å². The highest BCUT2D eigenvalue weighted by Crippen LogP contribution is 2.22. The van der Waals surface area contributed by atoms with Crippen LogP contribution >= 0.6 is 11.6 Å². The smallest absolute Gasteiger partial charge is 0.280 e. The standard InChI is InChI=1S/C21H21ClN4O3/c22-14-4-1-3-13(9-14)16-6-7-17-20(25-16)21(29)26(12-24-17)11-15(27)10-18-19(28)5-2-8-23-18/h1,3-4,6-7,9,12,18-19,23,28H,2,5,8,10-11H2/t18-,19+/m1/s1. The number of piperidine rings is 1. The molecule has 2 atom stereocenters. The van der Waals surface area contributed by atoms with E-state index < -0.39 is 6.10 Å². The lowest BCUT2D eigenvalue weighted by Crippen LogP contribution is -2.46. The molecule has 0 saturated carbocycles. The van der Waals surface area contributed by atoms with Crippen LogP contribution in [0.1, 0.15) is 19.3 Å². The molecule has 3 heterocycles. The van der Waals surface area contributed by atoms with Crippen molar-refractivity contribution in [1.82, 2.24) is 19.9 Å². The van der Waals surface area contributed by atoms with Crippen LogP contribution in [-0.4, -0.2) is 44.1 Å². The molecule has 0 unspecified atom stereocenters. The first-order valence-corrected chi connectivity index (χ1v) is 9.94. The first-order valence-electron chi connectivity index (χ1n) is 9.56. The summed E-state index contributed by atoms with van der Waals surface area (Å²) in [6.45, 7) is 0.679. The average molecular weight is 413 g/mol. The Labute approximate surface area is 172 Å². The van der Waals surface area contributed by atoms with Gasteiger partial charge in [0.05, 0.1) is 30.2 Å². The second kappa shape index (κ2) is 8.41. The summed E-state index contributed by atoms with van der Waals surface area (Å²) >= 11 is 6.05. The molecule has 1 aromatic carbocycles. The van der Waals surface area contributed by atoms with Gasteiger partial charge in [-0.05, 0) is 43.7 Å². The van der Waals surface area contributed by atoms with Gasteiger partial charge in [-0.15, -0.1) is 0 Å². The number of rotatable bonds is 5. The highest BCUT2D eigenvalue weighted by atomic mass is 35.5. The minimum atomic E-state index is -0.541. The molecule has 8 heteroatoms. The predicted molar refractivity (Wildman–Crippen MR) is 111 cm³/mol. The van der Waals surface area contributed by atoms with Crippen molar-refractivity contribution in [2.75, 3.05) is 6.54 Å². The normalized spacial score (nSPS) is 19.4. The maximum absolute atomic E-state index is 12.9. The van der Waals surface area contributed by atoms with Gasteiger partial charge in [0.25, 0.3) is 5.56 Å². The number of fused-ring (bicyclic) bond motifs is 1. The second-order valence-electron chi connectivity index (χ2n) is 7.27. The second-order valence-corrected chi connectivity index (χ2v) is 7.70. The van der Waals surface area contributed by atoms with Crippen molar-refractivity contribution in [1.29, 1.82) is 0 Å². The Morgan fingerprint density at radius 2 is 2.17 bits per heavy atom. The van der Waals surface area contributed by atoms with E-state index in [0.29, 0.717) is 22.7 Å². The summed E-state index contributed by atoms with van der Waals surface area (Å²) in [4.78, 5) is 34.1. The third-order valence-corrected chi connectivity index (χ3v) is 5.37. The van der Waals surface area contributed by atoms with E-state index in [4.69, 9.17) is 11.6 Å². The number of hydrogen-bond acceptors (Lipinski definition) is 6. The number of carbonyl (C=O) groups excluding carboxylic acids is 1. The van der Waals surface area contributed by atoms with Crippen molar-refractivity contribution in [3.05, 3.63) is 58.1 Å². The number of aliphatic hydroxyl groups excluding tert-OH is 1. The average Bonchev–Trinajstić information content (AvgIpc) is 2.72. The molecule has 2 N–H and O–H groups in total. The Morgan fingerprint density at radius 3 is 2.97 bits per heavy atom. The summed E-state index contributed by atoms with van der Waals surface area (Å²) in [5.41, 5.74) is 1.70. The fourth-order valence-electron chi connectivity index (χ4n) is 3.60. The zero-order chi connectivity index (χ0) is 20.4. The minimum absolute atomic E-state index is 0.101. The van der Waals surface area contributed by atoms with E-state index in [2.05, 4.69) is 15.3 Å². The molecule has 1 saturated heterocycles. The molecule has 29 heavy (non-hydrogen) atoms. The zero-order valence-corrected chi connectivity index (χ0v) is 16.5. The lowest BCUT2D eigenvalue weighted by atomic mass is 9.97. The fraction of sp³-hybridized carbons (Fsp3) is 0.333. The molecule has 0 amide bonds. The van der Waals surface area contributed by atoms with Crippen molar-refractivity contribution in [3.8, 4) is 11.3 Å². The number of benzene rings is 1. The predicted octanol–water partition coefficient (Wildman–Crippen LogP) is 2.18. The van der Waals surface area contributed by atoms with Gasteiger partial charge in [-0.25, -0.2) is 9.97 Å². The van der Waals surface area contributed by atoms with Crippen LogP contribution in [0.15, 0.2) is 47.5 Å². The number of pyridine rings is 1. The molecule has 0 bridgehead atoms. The third kappa shape index (κ3) is 4.37. The van der Waals surface area contributed by atoms with Crippen molar-refractivity contribution >= 4 is 28.4 Å². The van der Waals surface area contributed by atoms with Crippen LogP contribution in [-0.2, 0) is 11.3 Å². The van der Waals surface area contributed by atoms with Gasteiger partial charge in [-0.3, -0.25) is 14.2 Å². The first-order chi connectivity index (χ1) is 14.0. The Kier molecular flexibility index (Phi) is 5.71. The van der Waals surface area contributed by atoms with Crippen molar-refractivity contribution < 1.29 is 9.90 Å². The SMILES string of the molecule is O=C(C[C@H]1NCCC[C@@H]1O)Cn1cnc2ccc(-c3cccc(Cl)c3)nc2c1=O. The van der Waals surface area contributed by atoms with Crippen molar-refractivity contribution in [2.24, 2.45) is 0 Å². The molecule has 0 aliphatic carbocycles. The van der Waals surface area contributed by atoms with Gasteiger partial charge in [0.15, 0.2) is 11.3 Å². The number of nitrogens with zero attached hydrogens (tertiary/aromatic N) is 3. The topological polar surface area (TPSA) is 97.1 Å². The van der Waals surface area contributed by atoms with Crippen molar-refractivity contribution in [2.45, 2.75) is 38.0 Å². The Bertz CT molecular complexity index is 1110. The van der Waals surface area contributed by atoms with Crippen LogP contribution in [0.25, 0.3) is 22.3 Å². The molecule has 7 nitrogen and oxygen atoms in total. The fourth-order valence-corrected chi connectivity index (χ4v) is 3.79. The van der Waals surface area contributed by atoms with Crippen LogP contribution in [0.2, 0.25) is 5.02 Å². The van der Waals surface area contributed by atoms with Gasteiger partial charge in [-0.1, -0.05) is 23.7 Å². The number of nitrogens with one attached hydrogen (secondary N) is 1. The van der Waals surface area contributed by atoms with Gasteiger partial charge in [0.1, 0.15) is 0 Å². The molecule has 4 rings (SSSR count). The lowest BCUT2D eigenvalue weighted by molar-refractivity contribution is -0.121. The summed E-state index contributed by atoms with van der Waals surface area (Å²) in [6.07, 6.45) is 2.57. The lowest BCUT2D eigenvalue weighted by Gasteiger charge is -2.28. The van der Waals surface area contributed by atoms with E-state index in [9.17, 15) is 14.7 Å². The van der Waals surface area contributed by atoms with E-state index in [-0.39, 0.29) is 35.9 Å². The van der Waals surface area contributed by atoms with E-state index in [0.717, 1.165) is 18.5 Å². The monoisotopic (exact) mass is 412 g/mol. The van der Waals surface area contributed by atoms with Crippen LogP contribution in [0, 0.1) is 0 Å². The van der Waals surface area contributed by atoms with Crippen LogP contribution in [0.3, 0.4) is 0 Å². The molecule has 150 valence electrons. The molecule has 2 aromatic heterocycles. The number of ketones is 1. The number of aliphatic hydroxyl groups is 1. The Balaban J connectivity index is 1.59. The number of Topliss-reactive ketones (excluding diaryl/α,β-unsaturated/α-hetero) is 1. The highest BCUT2D eigenvalue weighted by molar-refractivity contribution is 6.30. The highest BCUT2D eigenvalue weighted by Gasteiger charge is 2.25. The summed E-state index contributed by atoms with van der Waals surface area (Å²) in [7, 11) is 0. The number of carbonyl (C=O) groups is 1. The molecule has 0 radical (unpaired) electrons. The zero-order valence-electron chi connectivity index (χ0n) is 15.7.